The molecule has 2 aromatic rings. The number of aliphatic carboxylic acids is 1. The topological polar surface area (TPSA) is 75.4 Å². The predicted octanol–water partition coefficient (Wildman–Crippen LogP) is 3.41. The van der Waals surface area contributed by atoms with Gasteiger partial charge in [-0.3, -0.25) is 9.59 Å². The van der Waals surface area contributed by atoms with Crippen LogP contribution in [-0.2, 0) is 4.79 Å². The summed E-state index contributed by atoms with van der Waals surface area (Å²) in [5.41, 5.74) is 1.92. The van der Waals surface area contributed by atoms with Crippen LogP contribution in [0.5, 0.6) is 0 Å². The summed E-state index contributed by atoms with van der Waals surface area (Å²) in [6, 6.07) is 7.22. The van der Waals surface area contributed by atoms with E-state index in [0.29, 0.717) is 22.8 Å². The molecule has 0 saturated heterocycles. The third kappa shape index (κ3) is 4.82. The van der Waals surface area contributed by atoms with E-state index in [2.05, 4.69) is 5.10 Å². The van der Waals surface area contributed by atoms with Crippen LogP contribution >= 0.6 is 11.6 Å². The van der Waals surface area contributed by atoms with Crippen LogP contribution in [0, 0.1) is 12.8 Å². The number of halogens is 1. The fraction of sp³-hybridized carbons (Fsp3) is 0.389. The minimum absolute atomic E-state index is 0.0834. The number of carboxylic acids is 1. The van der Waals surface area contributed by atoms with Crippen LogP contribution in [0.25, 0.3) is 5.69 Å². The van der Waals surface area contributed by atoms with Gasteiger partial charge in [0.25, 0.3) is 5.91 Å². The van der Waals surface area contributed by atoms with Gasteiger partial charge in [0.2, 0.25) is 0 Å². The summed E-state index contributed by atoms with van der Waals surface area (Å²) in [5, 5.41) is 13.8. The van der Waals surface area contributed by atoms with E-state index in [1.165, 1.54) is 6.20 Å². The molecular formula is C18H22ClN3O3. The van der Waals surface area contributed by atoms with Crippen molar-refractivity contribution in [1.29, 1.82) is 0 Å². The van der Waals surface area contributed by atoms with Crippen molar-refractivity contribution in [3.63, 3.8) is 0 Å². The Kier molecular flexibility index (Phi) is 6.20. The molecule has 0 fully saturated rings. The number of carboxylic acid groups (broad SMARTS) is 1. The van der Waals surface area contributed by atoms with E-state index in [1.807, 2.05) is 32.9 Å². The number of hydrogen-bond donors (Lipinski definition) is 1. The van der Waals surface area contributed by atoms with Crippen LogP contribution in [0.4, 0.5) is 0 Å². The fourth-order valence-corrected chi connectivity index (χ4v) is 2.79. The van der Waals surface area contributed by atoms with Crippen LogP contribution in [0.3, 0.4) is 0 Å². The summed E-state index contributed by atoms with van der Waals surface area (Å²) in [5.74, 6) is -0.894. The molecule has 2 rings (SSSR count). The molecule has 0 aliphatic heterocycles. The third-order valence-corrected chi connectivity index (χ3v) is 4.00. The van der Waals surface area contributed by atoms with Crippen molar-refractivity contribution < 1.29 is 14.7 Å². The van der Waals surface area contributed by atoms with Gasteiger partial charge >= 0.3 is 5.97 Å². The summed E-state index contributed by atoms with van der Waals surface area (Å²) in [7, 11) is 0. The molecule has 0 bridgehead atoms. The van der Waals surface area contributed by atoms with Gasteiger partial charge < -0.3 is 10.0 Å². The number of benzene rings is 1. The second kappa shape index (κ2) is 8.16. The molecule has 1 amide bonds. The van der Waals surface area contributed by atoms with Crippen molar-refractivity contribution in [3.05, 3.63) is 46.7 Å². The molecule has 1 aromatic heterocycles. The van der Waals surface area contributed by atoms with Crippen molar-refractivity contribution in [2.24, 2.45) is 5.92 Å². The van der Waals surface area contributed by atoms with E-state index in [1.54, 1.807) is 21.7 Å². The van der Waals surface area contributed by atoms with Crippen molar-refractivity contribution in [1.82, 2.24) is 14.7 Å². The van der Waals surface area contributed by atoms with Crippen molar-refractivity contribution in [2.45, 2.75) is 27.2 Å². The van der Waals surface area contributed by atoms with Crippen LogP contribution in [0.2, 0.25) is 5.02 Å². The van der Waals surface area contributed by atoms with E-state index in [0.717, 1.165) is 5.69 Å². The molecule has 7 heteroatoms. The van der Waals surface area contributed by atoms with Gasteiger partial charge in [-0.25, -0.2) is 4.68 Å². The van der Waals surface area contributed by atoms with Crippen molar-refractivity contribution in [2.75, 3.05) is 13.1 Å². The zero-order valence-electron chi connectivity index (χ0n) is 14.6. The average Bonchev–Trinajstić information content (AvgIpc) is 2.92. The van der Waals surface area contributed by atoms with Gasteiger partial charge in [0.05, 0.1) is 29.6 Å². The highest BCUT2D eigenvalue weighted by atomic mass is 35.5. The highest BCUT2D eigenvalue weighted by Gasteiger charge is 2.22. The Labute approximate surface area is 152 Å². The largest absolute Gasteiger partial charge is 0.481 e. The molecule has 25 heavy (non-hydrogen) atoms. The quantitative estimate of drug-likeness (QED) is 0.817. The Bertz CT molecular complexity index is 771. The molecule has 0 unspecified atom stereocenters. The first-order valence-corrected chi connectivity index (χ1v) is 8.49. The van der Waals surface area contributed by atoms with Crippen LogP contribution in [0.15, 0.2) is 30.5 Å². The number of carbonyl (C=O) groups excluding carboxylic acids is 1. The number of aromatic nitrogens is 2. The highest BCUT2D eigenvalue weighted by molar-refractivity contribution is 6.30. The minimum Gasteiger partial charge on any atom is -0.481 e. The molecule has 1 aromatic carbocycles. The van der Waals surface area contributed by atoms with Gasteiger partial charge in [-0.1, -0.05) is 31.5 Å². The summed E-state index contributed by atoms with van der Waals surface area (Å²) < 4.78 is 1.66. The normalized spacial score (nSPS) is 10.9. The maximum Gasteiger partial charge on any atom is 0.305 e. The van der Waals surface area contributed by atoms with Crippen molar-refractivity contribution in [3.8, 4) is 5.69 Å². The lowest BCUT2D eigenvalue weighted by Crippen LogP contribution is -2.36. The first-order valence-electron chi connectivity index (χ1n) is 8.11. The molecule has 0 saturated carbocycles. The first kappa shape index (κ1) is 19.0. The Morgan fingerprint density at radius 2 is 2.08 bits per heavy atom. The van der Waals surface area contributed by atoms with Gasteiger partial charge in [-0.15, -0.1) is 0 Å². The van der Waals surface area contributed by atoms with Crippen LogP contribution < -0.4 is 0 Å². The Balaban J connectivity index is 2.29. The zero-order valence-corrected chi connectivity index (χ0v) is 15.3. The molecule has 134 valence electrons. The summed E-state index contributed by atoms with van der Waals surface area (Å²) in [6.45, 7) is 6.46. The summed E-state index contributed by atoms with van der Waals surface area (Å²) in [4.78, 5) is 25.3. The Hall–Kier alpha value is -2.34. The predicted molar refractivity (Wildman–Crippen MR) is 96.3 cm³/mol. The molecule has 0 spiro atoms. The van der Waals surface area contributed by atoms with E-state index >= 15 is 0 Å². The smallest absolute Gasteiger partial charge is 0.305 e. The van der Waals surface area contributed by atoms with E-state index in [-0.39, 0.29) is 24.8 Å². The van der Waals surface area contributed by atoms with E-state index in [4.69, 9.17) is 16.7 Å². The van der Waals surface area contributed by atoms with Gasteiger partial charge in [0, 0.05) is 18.1 Å². The van der Waals surface area contributed by atoms with Gasteiger partial charge in [-0.2, -0.15) is 5.10 Å². The monoisotopic (exact) mass is 363 g/mol. The number of hydrogen-bond acceptors (Lipinski definition) is 3. The third-order valence-electron chi connectivity index (χ3n) is 3.76. The molecule has 0 atom stereocenters. The van der Waals surface area contributed by atoms with Gasteiger partial charge in [0.15, 0.2) is 0 Å². The number of rotatable bonds is 7. The SMILES string of the molecule is Cc1c(C(=O)N(CCC(=O)O)CC(C)C)cnn1-c1cccc(Cl)c1. The van der Waals surface area contributed by atoms with Gasteiger partial charge in [-0.05, 0) is 31.0 Å². The molecule has 6 nitrogen and oxygen atoms in total. The number of amides is 1. The van der Waals surface area contributed by atoms with E-state index in [9.17, 15) is 9.59 Å². The van der Waals surface area contributed by atoms with E-state index < -0.39 is 5.97 Å². The Morgan fingerprint density at radius 3 is 2.68 bits per heavy atom. The lowest BCUT2D eigenvalue weighted by Gasteiger charge is -2.24. The first-order chi connectivity index (χ1) is 11.8. The molecule has 0 radical (unpaired) electrons. The molecule has 1 N–H and O–H groups in total. The number of carbonyl (C=O) groups is 2. The number of nitrogens with zero attached hydrogens (tertiary/aromatic N) is 3. The minimum atomic E-state index is -0.923. The maximum atomic E-state index is 12.9. The Morgan fingerprint density at radius 1 is 1.36 bits per heavy atom. The molecule has 0 aliphatic rings. The molecule has 1 heterocycles. The maximum absolute atomic E-state index is 12.9. The standard InChI is InChI=1S/C18H22ClN3O3/c1-12(2)11-21(8-7-17(23)24)18(25)16-10-20-22(13(16)3)15-6-4-5-14(19)9-15/h4-6,9-10,12H,7-8,11H2,1-3H3,(H,23,24). The summed E-state index contributed by atoms with van der Waals surface area (Å²) >= 11 is 6.02. The summed E-state index contributed by atoms with van der Waals surface area (Å²) in [6.07, 6.45) is 1.44. The molecular weight excluding hydrogens is 342 g/mol. The second-order valence-electron chi connectivity index (χ2n) is 6.32. The van der Waals surface area contributed by atoms with Crippen LogP contribution in [0.1, 0.15) is 36.3 Å². The lowest BCUT2D eigenvalue weighted by molar-refractivity contribution is -0.137. The fourth-order valence-electron chi connectivity index (χ4n) is 2.61. The van der Waals surface area contributed by atoms with Gasteiger partial charge in [0.1, 0.15) is 0 Å². The highest BCUT2D eigenvalue weighted by Crippen LogP contribution is 2.19. The second-order valence-corrected chi connectivity index (χ2v) is 6.76. The van der Waals surface area contributed by atoms with Crippen LogP contribution in [-0.4, -0.2) is 44.8 Å². The lowest BCUT2D eigenvalue weighted by atomic mass is 10.1. The molecule has 0 aliphatic carbocycles. The zero-order chi connectivity index (χ0) is 18.6. The average molecular weight is 364 g/mol. The van der Waals surface area contributed by atoms with Crippen molar-refractivity contribution >= 4 is 23.5 Å².